The lowest BCUT2D eigenvalue weighted by Gasteiger charge is -2.36. The summed E-state index contributed by atoms with van der Waals surface area (Å²) in [5.74, 6) is 6.05. The predicted octanol–water partition coefficient (Wildman–Crippen LogP) is 2.76. The van der Waals surface area contributed by atoms with Crippen LogP contribution in [0.5, 0.6) is 0 Å². The Kier molecular flexibility index (Phi) is 5.17. The Balaban J connectivity index is 2.09. The maximum Gasteiger partial charge on any atom is 0.138 e. The van der Waals surface area contributed by atoms with Gasteiger partial charge in [-0.3, -0.25) is 4.90 Å². The zero-order valence-electron chi connectivity index (χ0n) is 12.3. The number of benzene rings is 1. The average Bonchev–Trinajstić information content (AvgIpc) is 2.42. The molecule has 1 aliphatic rings. The van der Waals surface area contributed by atoms with Gasteiger partial charge in [-0.25, -0.2) is 4.39 Å². The lowest BCUT2D eigenvalue weighted by Crippen LogP contribution is -2.39. The summed E-state index contributed by atoms with van der Waals surface area (Å²) < 4.78 is 13.6. The van der Waals surface area contributed by atoms with E-state index in [0.717, 1.165) is 24.6 Å². The Morgan fingerprint density at radius 1 is 1.40 bits per heavy atom. The van der Waals surface area contributed by atoms with Crippen LogP contribution in [0.3, 0.4) is 0 Å². The summed E-state index contributed by atoms with van der Waals surface area (Å²) in [6.45, 7) is 6.82. The first-order chi connectivity index (χ1) is 9.60. The molecule has 1 heterocycles. The number of nitrogens with two attached hydrogens (primary N) is 1. The highest BCUT2D eigenvalue weighted by molar-refractivity contribution is 5.38. The summed E-state index contributed by atoms with van der Waals surface area (Å²) in [4.78, 5) is 2.47. The number of nitrogens with zero attached hydrogens (tertiary/aromatic N) is 1. The fourth-order valence-corrected chi connectivity index (χ4v) is 2.84. The van der Waals surface area contributed by atoms with E-state index in [1.54, 1.807) is 0 Å². The first-order valence-corrected chi connectivity index (χ1v) is 7.31. The molecule has 20 heavy (non-hydrogen) atoms. The summed E-state index contributed by atoms with van der Waals surface area (Å²) in [7, 11) is 0. The first kappa shape index (κ1) is 15.0. The number of likely N-dealkylation sites (tertiary alicyclic amines) is 1. The Morgan fingerprint density at radius 3 is 2.90 bits per heavy atom. The molecule has 1 saturated heterocycles. The van der Waals surface area contributed by atoms with Crippen molar-refractivity contribution < 1.29 is 4.39 Å². The number of hydrogen-bond acceptors (Lipinski definition) is 2. The second-order valence-corrected chi connectivity index (χ2v) is 5.77. The summed E-state index contributed by atoms with van der Waals surface area (Å²) in [6.07, 6.45) is 2.48. The summed E-state index contributed by atoms with van der Waals surface area (Å²) in [5.41, 5.74) is 6.91. The molecule has 1 aliphatic heterocycles. The zero-order valence-corrected chi connectivity index (χ0v) is 12.3. The molecule has 1 aromatic rings. The molecular formula is C17H23FN2. The van der Waals surface area contributed by atoms with Crippen LogP contribution in [-0.4, -0.2) is 24.0 Å². The van der Waals surface area contributed by atoms with Gasteiger partial charge in [0.05, 0.1) is 12.1 Å². The van der Waals surface area contributed by atoms with Crippen LogP contribution in [0.1, 0.15) is 37.8 Å². The van der Waals surface area contributed by atoms with E-state index < -0.39 is 0 Å². The number of halogens is 1. The predicted molar refractivity (Wildman–Crippen MR) is 80.6 cm³/mol. The highest BCUT2D eigenvalue weighted by Gasteiger charge is 2.22. The van der Waals surface area contributed by atoms with Gasteiger partial charge >= 0.3 is 0 Å². The summed E-state index contributed by atoms with van der Waals surface area (Å²) in [6, 6.07) is 5.80. The third-order valence-electron chi connectivity index (χ3n) is 4.02. The molecule has 0 spiro atoms. The van der Waals surface area contributed by atoms with Crippen molar-refractivity contribution in [1.29, 1.82) is 0 Å². The molecule has 2 atom stereocenters. The molecule has 3 heteroatoms. The summed E-state index contributed by atoms with van der Waals surface area (Å²) in [5, 5.41) is 0. The quantitative estimate of drug-likeness (QED) is 0.840. The fourth-order valence-electron chi connectivity index (χ4n) is 2.84. The van der Waals surface area contributed by atoms with Crippen molar-refractivity contribution in [3.63, 3.8) is 0 Å². The molecule has 0 aromatic heterocycles. The Morgan fingerprint density at radius 2 is 2.20 bits per heavy atom. The lowest BCUT2D eigenvalue weighted by molar-refractivity contribution is 0.122. The van der Waals surface area contributed by atoms with Crippen molar-refractivity contribution in [2.75, 3.05) is 13.1 Å². The van der Waals surface area contributed by atoms with Gasteiger partial charge in [0.25, 0.3) is 0 Å². The van der Waals surface area contributed by atoms with Gasteiger partial charge in [-0.05, 0) is 49.9 Å². The monoisotopic (exact) mass is 274 g/mol. The topological polar surface area (TPSA) is 29.3 Å². The minimum absolute atomic E-state index is 0.255. The van der Waals surface area contributed by atoms with Gasteiger partial charge in [0.15, 0.2) is 0 Å². The molecule has 2 unspecified atom stereocenters. The van der Waals surface area contributed by atoms with E-state index in [9.17, 15) is 4.39 Å². The minimum Gasteiger partial charge on any atom is -0.320 e. The molecule has 0 bridgehead atoms. The van der Waals surface area contributed by atoms with Crippen molar-refractivity contribution in [2.24, 2.45) is 11.7 Å². The highest BCUT2D eigenvalue weighted by Crippen LogP contribution is 2.24. The average molecular weight is 274 g/mol. The molecule has 2 rings (SSSR count). The zero-order chi connectivity index (χ0) is 14.5. The third-order valence-corrected chi connectivity index (χ3v) is 4.02. The lowest BCUT2D eigenvalue weighted by atomic mass is 9.93. The van der Waals surface area contributed by atoms with Gasteiger partial charge in [0, 0.05) is 12.6 Å². The highest BCUT2D eigenvalue weighted by atomic mass is 19.1. The van der Waals surface area contributed by atoms with E-state index in [-0.39, 0.29) is 12.4 Å². The van der Waals surface area contributed by atoms with E-state index >= 15 is 0 Å². The molecule has 0 radical (unpaired) electrons. The van der Waals surface area contributed by atoms with Crippen LogP contribution in [0.15, 0.2) is 18.2 Å². The van der Waals surface area contributed by atoms with Gasteiger partial charge in [-0.2, -0.15) is 0 Å². The van der Waals surface area contributed by atoms with E-state index in [1.807, 2.05) is 12.1 Å². The van der Waals surface area contributed by atoms with Gasteiger partial charge in [0.2, 0.25) is 0 Å². The van der Waals surface area contributed by atoms with Crippen LogP contribution in [0.25, 0.3) is 0 Å². The molecule has 0 aliphatic carbocycles. The van der Waals surface area contributed by atoms with Crippen molar-refractivity contribution in [2.45, 2.75) is 39.3 Å². The molecule has 2 nitrogen and oxygen atoms in total. The molecule has 1 aromatic carbocycles. The maximum atomic E-state index is 13.6. The second kappa shape index (κ2) is 6.88. The van der Waals surface area contributed by atoms with Gasteiger partial charge in [-0.1, -0.05) is 24.8 Å². The van der Waals surface area contributed by atoms with Crippen molar-refractivity contribution in [3.05, 3.63) is 35.1 Å². The van der Waals surface area contributed by atoms with Crippen molar-refractivity contribution in [1.82, 2.24) is 4.90 Å². The Bertz CT molecular complexity index is 515. The molecule has 0 saturated carbocycles. The van der Waals surface area contributed by atoms with Crippen LogP contribution >= 0.6 is 0 Å². The molecule has 2 N–H and O–H groups in total. The van der Waals surface area contributed by atoms with Gasteiger partial charge < -0.3 is 5.73 Å². The maximum absolute atomic E-state index is 13.6. The number of rotatable bonds is 2. The van der Waals surface area contributed by atoms with Crippen LogP contribution < -0.4 is 5.73 Å². The van der Waals surface area contributed by atoms with Crippen LogP contribution in [0, 0.1) is 23.6 Å². The smallest absolute Gasteiger partial charge is 0.138 e. The fraction of sp³-hybridized carbons (Fsp3) is 0.529. The van der Waals surface area contributed by atoms with Crippen LogP contribution in [-0.2, 0) is 6.54 Å². The minimum atomic E-state index is -0.269. The Hall–Kier alpha value is -1.37. The van der Waals surface area contributed by atoms with Crippen LogP contribution in [0.2, 0.25) is 0 Å². The van der Waals surface area contributed by atoms with Crippen molar-refractivity contribution >= 4 is 0 Å². The summed E-state index contributed by atoms with van der Waals surface area (Å²) >= 11 is 0. The Labute approximate surface area is 121 Å². The third kappa shape index (κ3) is 3.82. The van der Waals surface area contributed by atoms with Crippen molar-refractivity contribution in [3.8, 4) is 11.8 Å². The normalized spacial score (nSPS) is 23.2. The van der Waals surface area contributed by atoms with Crippen LogP contribution in [0.4, 0.5) is 4.39 Å². The van der Waals surface area contributed by atoms with Gasteiger partial charge in [-0.15, -0.1) is 0 Å². The SMILES string of the molecule is CC1CCN(Cc2ccc(F)c(C#CCN)c2)C(C)C1. The van der Waals surface area contributed by atoms with E-state index in [2.05, 4.69) is 30.6 Å². The molecular weight excluding hydrogens is 251 g/mol. The number of hydrogen-bond donors (Lipinski definition) is 1. The molecule has 0 amide bonds. The first-order valence-electron chi connectivity index (χ1n) is 7.31. The van der Waals surface area contributed by atoms with Gasteiger partial charge in [0.1, 0.15) is 5.82 Å². The largest absolute Gasteiger partial charge is 0.320 e. The standard InChI is InChI=1S/C17H23FN2/c1-13-7-9-20(14(2)10-13)12-15-5-6-17(18)16(11-15)4-3-8-19/h5-6,11,13-14H,7-10,12,19H2,1-2H3. The second-order valence-electron chi connectivity index (χ2n) is 5.77. The van der Waals surface area contributed by atoms with E-state index in [4.69, 9.17) is 5.73 Å². The van der Waals surface area contributed by atoms with E-state index in [0.29, 0.717) is 11.6 Å². The van der Waals surface area contributed by atoms with E-state index in [1.165, 1.54) is 18.9 Å². The molecule has 108 valence electrons. The number of piperidine rings is 1. The molecule has 1 fully saturated rings.